The second-order valence-corrected chi connectivity index (χ2v) is 5.30. The number of rotatable bonds is 3. The minimum Gasteiger partial charge on any atom is -0.389 e. The van der Waals surface area contributed by atoms with Gasteiger partial charge < -0.3 is 10.6 Å². The monoisotopic (exact) mass is 290 g/mol. The maximum atomic E-state index is 6.00. The van der Waals surface area contributed by atoms with Crippen molar-refractivity contribution in [2.24, 2.45) is 5.73 Å². The first-order valence-electron chi connectivity index (χ1n) is 5.89. The van der Waals surface area contributed by atoms with E-state index in [1.54, 1.807) is 6.07 Å². The van der Waals surface area contributed by atoms with E-state index in [0.29, 0.717) is 10.0 Å². The number of hydrogen-bond donors (Lipinski definition) is 1. The summed E-state index contributed by atoms with van der Waals surface area (Å²) in [6.45, 7) is 2.06. The van der Waals surface area contributed by atoms with Crippen molar-refractivity contribution in [2.45, 2.75) is 6.92 Å². The van der Waals surface area contributed by atoms with E-state index in [1.807, 2.05) is 24.1 Å². The number of nitrogens with zero attached hydrogens (tertiary/aromatic N) is 1. The molecule has 2 N–H and O–H groups in total. The zero-order chi connectivity index (χ0) is 14.0. The van der Waals surface area contributed by atoms with Crippen molar-refractivity contribution < 1.29 is 0 Å². The molecule has 0 fully saturated rings. The van der Waals surface area contributed by atoms with Gasteiger partial charge >= 0.3 is 0 Å². The van der Waals surface area contributed by atoms with Crippen LogP contribution in [0.5, 0.6) is 0 Å². The molecule has 0 saturated carbocycles. The van der Waals surface area contributed by atoms with Gasteiger partial charge in [0.05, 0.1) is 5.69 Å². The van der Waals surface area contributed by atoms with Crippen molar-refractivity contribution in [2.75, 3.05) is 11.9 Å². The van der Waals surface area contributed by atoms with Gasteiger partial charge in [0, 0.05) is 23.3 Å². The van der Waals surface area contributed by atoms with Gasteiger partial charge in [0.25, 0.3) is 0 Å². The standard InChI is InChI=1S/C15H15ClN2S/c1-10-3-6-12(7-4-10)18(2)14-8-5-11(16)9-13(14)15(17)19/h3-9H,1-2H3,(H2,17,19). The maximum Gasteiger partial charge on any atom is 0.106 e. The number of thiocarbonyl (C=S) groups is 1. The summed E-state index contributed by atoms with van der Waals surface area (Å²) in [6.07, 6.45) is 0. The molecule has 0 amide bonds. The highest BCUT2D eigenvalue weighted by Crippen LogP contribution is 2.29. The molecule has 4 heteroatoms. The molecular formula is C15H15ClN2S. The number of hydrogen-bond acceptors (Lipinski definition) is 2. The van der Waals surface area contributed by atoms with Crippen LogP contribution >= 0.6 is 23.8 Å². The highest BCUT2D eigenvalue weighted by Gasteiger charge is 2.11. The molecule has 0 aromatic heterocycles. The number of anilines is 2. The summed E-state index contributed by atoms with van der Waals surface area (Å²) < 4.78 is 0. The molecular weight excluding hydrogens is 276 g/mol. The Kier molecular flexibility index (Phi) is 4.08. The lowest BCUT2D eigenvalue weighted by Crippen LogP contribution is -2.17. The van der Waals surface area contributed by atoms with Crippen molar-refractivity contribution in [1.29, 1.82) is 0 Å². The molecule has 0 unspecified atom stereocenters. The van der Waals surface area contributed by atoms with Crippen LogP contribution in [0.3, 0.4) is 0 Å². The first-order chi connectivity index (χ1) is 8.99. The second-order valence-electron chi connectivity index (χ2n) is 4.42. The fourth-order valence-electron chi connectivity index (χ4n) is 1.91. The molecule has 0 aliphatic carbocycles. The van der Waals surface area contributed by atoms with Gasteiger partial charge in [-0.15, -0.1) is 0 Å². The Balaban J connectivity index is 2.46. The first-order valence-corrected chi connectivity index (χ1v) is 6.67. The topological polar surface area (TPSA) is 29.3 Å². The molecule has 0 bridgehead atoms. The molecule has 0 spiro atoms. The average Bonchev–Trinajstić information content (AvgIpc) is 2.38. The highest BCUT2D eigenvalue weighted by atomic mass is 35.5. The summed E-state index contributed by atoms with van der Waals surface area (Å²) in [6, 6.07) is 13.8. The summed E-state index contributed by atoms with van der Waals surface area (Å²) in [4.78, 5) is 2.39. The Morgan fingerprint density at radius 2 is 1.79 bits per heavy atom. The largest absolute Gasteiger partial charge is 0.389 e. The van der Waals surface area contributed by atoms with Gasteiger partial charge in [0.2, 0.25) is 0 Å². The minimum absolute atomic E-state index is 0.344. The first kappa shape index (κ1) is 13.8. The van der Waals surface area contributed by atoms with Crippen molar-refractivity contribution >= 4 is 40.2 Å². The van der Waals surface area contributed by atoms with Crippen LogP contribution in [0, 0.1) is 6.92 Å². The predicted octanol–water partition coefficient (Wildman–Crippen LogP) is 4.05. The Bertz CT molecular complexity index is 608. The lowest BCUT2D eigenvalue weighted by Gasteiger charge is -2.22. The van der Waals surface area contributed by atoms with Crippen LogP contribution in [0.25, 0.3) is 0 Å². The van der Waals surface area contributed by atoms with Crippen LogP contribution in [0.1, 0.15) is 11.1 Å². The molecule has 98 valence electrons. The SMILES string of the molecule is Cc1ccc(N(C)c2ccc(Cl)cc2C(N)=S)cc1. The van der Waals surface area contributed by atoms with E-state index in [4.69, 9.17) is 29.6 Å². The lowest BCUT2D eigenvalue weighted by molar-refractivity contribution is 1.20. The number of aryl methyl sites for hydroxylation is 1. The zero-order valence-electron chi connectivity index (χ0n) is 10.9. The van der Waals surface area contributed by atoms with Gasteiger partial charge in [-0.25, -0.2) is 0 Å². The molecule has 19 heavy (non-hydrogen) atoms. The zero-order valence-corrected chi connectivity index (χ0v) is 12.4. The normalized spacial score (nSPS) is 10.3. The lowest BCUT2D eigenvalue weighted by atomic mass is 10.1. The summed E-state index contributed by atoms with van der Waals surface area (Å²) in [7, 11) is 1.98. The second kappa shape index (κ2) is 5.59. The predicted molar refractivity (Wildman–Crippen MR) is 86.6 cm³/mol. The van der Waals surface area contributed by atoms with Gasteiger partial charge in [-0.1, -0.05) is 41.5 Å². The summed E-state index contributed by atoms with van der Waals surface area (Å²) in [5.41, 5.74) is 9.80. The molecule has 2 aromatic rings. The van der Waals surface area contributed by atoms with Crippen molar-refractivity contribution in [3.63, 3.8) is 0 Å². The van der Waals surface area contributed by atoms with Gasteiger partial charge in [-0.3, -0.25) is 0 Å². The number of halogens is 1. The Labute approximate surface area is 123 Å². The summed E-state index contributed by atoms with van der Waals surface area (Å²) in [5.74, 6) is 0. The molecule has 0 heterocycles. The summed E-state index contributed by atoms with van der Waals surface area (Å²) in [5, 5.41) is 0.629. The van der Waals surface area contributed by atoms with Crippen molar-refractivity contribution in [3.8, 4) is 0 Å². The quantitative estimate of drug-likeness (QED) is 0.865. The Morgan fingerprint density at radius 1 is 1.16 bits per heavy atom. The Hall–Kier alpha value is -1.58. The third-order valence-electron chi connectivity index (χ3n) is 3.01. The molecule has 2 aromatic carbocycles. The molecule has 0 atom stereocenters. The molecule has 0 aliphatic rings. The number of benzene rings is 2. The van der Waals surface area contributed by atoms with E-state index in [9.17, 15) is 0 Å². The van der Waals surface area contributed by atoms with E-state index in [-0.39, 0.29) is 0 Å². The third-order valence-corrected chi connectivity index (χ3v) is 3.46. The van der Waals surface area contributed by atoms with Crippen LogP contribution in [0.2, 0.25) is 5.02 Å². The van der Waals surface area contributed by atoms with E-state index in [0.717, 1.165) is 16.9 Å². The van der Waals surface area contributed by atoms with E-state index < -0.39 is 0 Å². The van der Waals surface area contributed by atoms with Crippen LogP contribution in [-0.4, -0.2) is 12.0 Å². The van der Waals surface area contributed by atoms with Gasteiger partial charge in [-0.2, -0.15) is 0 Å². The minimum atomic E-state index is 0.344. The Morgan fingerprint density at radius 3 is 2.37 bits per heavy atom. The number of nitrogens with two attached hydrogens (primary N) is 1. The van der Waals surface area contributed by atoms with Gasteiger partial charge in [0.15, 0.2) is 0 Å². The third kappa shape index (κ3) is 3.06. The molecule has 0 radical (unpaired) electrons. The van der Waals surface area contributed by atoms with Crippen molar-refractivity contribution in [1.82, 2.24) is 0 Å². The molecule has 2 rings (SSSR count). The molecule has 2 nitrogen and oxygen atoms in total. The highest BCUT2D eigenvalue weighted by molar-refractivity contribution is 7.80. The van der Waals surface area contributed by atoms with Crippen LogP contribution < -0.4 is 10.6 Å². The molecule has 0 aliphatic heterocycles. The van der Waals surface area contributed by atoms with Gasteiger partial charge in [0.1, 0.15) is 4.99 Å². The van der Waals surface area contributed by atoms with E-state index in [2.05, 4.69) is 31.2 Å². The smallest absolute Gasteiger partial charge is 0.106 e. The van der Waals surface area contributed by atoms with Crippen molar-refractivity contribution in [3.05, 3.63) is 58.6 Å². The van der Waals surface area contributed by atoms with Gasteiger partial charge in [-0.05, 0) is 37.3 Å². The van der Waals surface area contributed by atoms with Crippen LogP contribution in [-0.2, 0) is 0 Å². The van der Waals surface area contributed by atoms with E-state index in [1.165, 1.54) is 5.56 Å². The fourth-order valence-corrected chi connectivity index (χ4v) is 2.24. The maximum absolute atomic E-state index is 6.00. The fraction of sp³-hybridized carbons (Fsp3) is 0.133. The van der Waals surface area contributed by atoms with Crippen LogP contribution in [0.4, 0.5) is 11.4 Å². The molecule has 0 saturated heterocycles. The van der Waals surface area contributed by atoms with Crippen LogP contribution in [0.15, 0.2) is 42.5 Å². The average molecular weight is 291 g/mol. The van der Waals surface area contributed by atoms with E-state index >= 15 is 0 Å². The summed E-state index contributed by atoms with van der Waals surface area (Å²) >= 11 is 11.1.